The molecule has 29 heavy (non-hydrogen) atoms. The molecule has 0 saturated heterocycles. The summed E-state index contributed by atoms with van der Waals surface area (Å²) in [7, 11) is 0. The molecule has 0 atom stereocenters. The fourth-order valence-electron chi connectivity index (χ4n) is 3.03. The van der Waals surface area contributed by atoms with E-state index in [0.29, 0.717) is 11.4 Å². The third-order valence-corrected chi connectivity index (χ3v) is 5.59. The van der Waals surface area contributed by atoms with Crippen molar-refractivity contribution in [3.63, 3.8) is 0 Å². The van der Waals surface area contributed by atoms with E-state index in [-0.39, 0.29) is 0 Å². The highest BCUT2D eigenvalue weighted by molar-refractivity contribution is 8.13. The maximum atomic E-state index is 13.2. The van der Waals surface area contributed by atoms with E-state index in [4.69, 9.17) is 4.99 Å². The molecule has 0 saturated carbocycles. The third-order valence-electron chi connectivity index (χ3n) is 4.54. The highest BCUT2D eigenvalue weighted by Gasteiger charge is 2.16. The standard InChI is InChI=1S/C23H20FN3OS/c1-15-5-7-16(8-6-15)14-29-22-11-17-9-10-20(13-21(17)27-22)26-23(28)25-19-4-2-3-18(24)12-19/h2-10,12-13H,11,14H2,1H3,(H2,25,26,28). The molecule has 1 aliphatic rings. The van der Waals surface area contributed by atoms with E-state index in [9.17, 15) is 9.18 Å². The molecule has 1 aliphatic heterocycles. The van der Waals surface area contributed by atoms with E-state index in [1.54, 1.807) is 23.9 Å². The molecule has 2 amide bonds. The summed E-state index contributed by atoms with van der Waals surface area (Å²) in [6.45, 7) is 2.08. The molecule has 3 aromatic carbocycles. The summed E-state index contributed by atoms with van der Waals surface area (Å²) in [5.74, 6) is 0.485. The van der Waals surface area contributed by atoms with Crippen molar-refractivity contribution in [2.75, 3.05) is 10.6 Å². The van der Waals surface area contributed by atoms with Crippen LogP contribution in [0.4, 0.5) is 26.2 Å². The Bertz CT molecular complexity index is 1080. The van der Waals surface area contributed by atoms with Gasteiger partial charge in [0.2, 0.25) is 0 Å². The van der Waals surface area contributed by atoms with Gasteiger partial charge in [-0.15, -0.1) is 11.8 Å². The summed E-state index contributed by atoms with van der Waals surface area (Å²) >= 11 is 1.74. The van der Waals surface area contributed by atoms with Crippen molar-refractivity contribution in [1.82, 2.24) is 0 Å². The summed E-state index contributed by atoms with van der Waals surface area (Å²) in [5, 5.41) is 6.46. The lowest BCUT2D eigenvalue weighted by molar-refractivity contribution is 0.262. The quantitative estimate of drug-likeness (QED) is 0.535. The number of anilines is 2. The number of rotatable bonds is 4. The molecule has 3 aromatic rings. The Labute approximate surface area is 173 Å². The van der Waals surface area contributed by atoms with Crippen molar-refractivity contribution in [3.05, 3.63) is 89.2 Å². The van der Waals surface area contributed by atoms with Gasteiger partial charge in [0.25, 0.3) is 0 Å². The van der Waals surface area contributed by atoms with Gasteiger partial charge < -0.3 is 10.6 Å². The molecule has 2 N–H and O–H groups in total. The maximum absolute atomic E-state index is 13.2. The van der Waals surface area contributed by atoms with Crippen LogP contribution < -0.4 is 10.6 Å². The Morgan fingerprint density at radius 2 is 1.79 bits per heavy atom. The number of amides is 2. The van der Waals surface area contributed by atoms with E-state index in [2.05, 4.69) is 41.8 Å². The number of benzene rings is 3. The lowest BCUT2D eigenvalue weighted by Crippen LogP contribution is -2.19. The largest absolute Gasteiger partial charge is 0.323 e. The van der Waals surface area contributed by atoms with E-state index in [1.807, 2.05) is 18.2 Å². The first-order valence-electron chi connectivity index (χ1n) is 9.27. The minimum Gasteiger partial charge on any atom is -0.308 e. The zero-order chi connectivity index (χ0) is 20.2. The molecule has 0 aliphatic carbocycles. The number of carbonyl (C=O) groups is 1. The number of halogens is 1. The van der Waals surface area contributed by atoms with Crippen molar-refractivity contribution < 1.29 is 9.18 Å². The molecule has 146 valence electrons. The molecule has 0 aromatic heterocycles. The van der Waals surface area contributed by atoms with Crippen molar-refractivity contribution >= 4 is 39.9 Å². The van der Waals surface area contributed by atoms with E-state index in [1.165, 1.54) is 23.3 Å². The van der Waals surface area contributed by atoms with Gasteiger partial charge in [-0.2, -0.15) is 0 Å². The number of aryl methyl sites for hydroxylation is 1. The van der Waals surface area contributed by atoms with Crippen molar-refractivity contribution in [3.8, 4) is 0 Å². The topological polar surface area (TPSA) is 53.5 Å². The zero-order valence-corrected chi connectivity index (χ0v) is 16.7. The van der Waals surface area contributed by atoms with Gasteiger partial charge in [-0.1, -0.05) is 42.0 Å². The molecule has 0 unspecified atom stereocenters. The van der Waals surface area contributed by atoms with Crippen molar-refractivity contribution in [2.24, 2.45) is 4.99 Å². The smallest absolute Gasteiger partial charge is 0.308 e. The second-order valence-corrected chi connectivity index (χ2v) is 7.94. The maximum Gasteiger partial charge on any atom is 0.323 e. The van der Waals surface area contributed by atoms with Crippen LogP contribution in [0.3, 0.4) is 0 Å². The highest BCUT2D eigenvalue weighted by Crippen LogP contribution is 2.33. The van der Waals surface area contributed by atoms with Crippen LogP contribution in [0.2, 0.25) is 0 Å². The number of aliphatic imine (C=N–C) groups is 1. The van der Waals surface area contributed by atoms with Gasteiger partial charge in [-0.3, -0.25) is 0 Å². The molecular weight excluding hydrogens is 385 g/mol. The number of urea groups is 1. The van der Waals surface area contributed by atoms with Crippen LogP contribution in [-0.2, 0) is 12.2 Å². The minimum absolute atomic E-state index is 0.398. The number of carbonyl (C=O) groups excluding carboxylic acids is 1. The zero-order valence-electron chi connectivity index (χ0n) is 15.9. The van der Waals surface area contributed by atoms with Crippen molar-refractivity contribution in [1.29, 1.82) is 0 Å². The summed E-state index contributed by atoms with van der Waals surface area (Å²) in [6.07, 6.45) is 0.807. The van der Waals surface area contributed by atoms with Crippen LogP contribution in [0.15, 0.2) is 71.7 Å². The average molecular weight is 405 g/mol. The number of nitrogens with zero attached hydrogens (tertiary/aromatic N) is 1. The van der Waals surface area contributed by atoms with Gasteiger partial charge in [0.05, 0.1) is 10.7 Å². The fourth-order valence-corrected chi connectivity index (χ4v) is 3.97. The van der Waals surface area contributed by atoms with E-state index >= 15 is 0 Å². The molecule has 0 bridgehead atoms. The molecule has 4 rings (SSSR count). The molecule has 0 radical (unpaired) electrons. The van der Waals surface area contributed by atoms with E-state index in [0.717, 1.165) is 28.5 Å². The predicted molar refractivity (Wildman–Crippen MR) is 119 cm³/mol. The van der Waals surface area contributed by atoms with E-state index < -0.39 is 11.8 Å². The first-order valence-corrected chi connectivity index (χ1v) is 10.3. The normalized spacial score (nSPS) is 12.3. The third kappa shape index (κ3) is 5.03. The summed E-state index contributed by atoms with van der Waals surface area (Å²) in [5.41, 5.74) is 5.59. The number of hydrogen-bond donors (Lipinski definition) is 2. The first-order chi connectivity index (χ1) is 14.0. The van der Waals surface area contributed by atoms with Gasteiger partial charge in [-0.05, 0) is 48.4 Å². The fraction of sp³-hybridized carbons (Fsp3) is 0.130. The van der Waals surface area contributed by atoms with Gasteiger partial charge in [-0.25, -0.2) is 14.2 Å². The Hall–Kier alpha value is -3.12. The van der Waals surface area contributed by atoms with Gasteiger partial charge in [0.15, 0.2) is 0 Å². The number of hydrogen-bond acceptors (Lipinski definition) is 3. The SMILES string of the molecule is Cc1ccc(CSC2=Nc3cc(NC(=O)Nc4cccc(F)c4)ccc3C2)cc1. The number of thioether (sulfide) groups is 1. The summed E-state index contributed by atoms with van der Waals surface area (Å²) in [4.78, 5) is 16.9. The highest BCUT2D eigenvalue weighted by atomic mass is 32.2. The number of fused-ring (bicyclic) bond motifs is 1. The van der Waals surface area contributed by atoms with Crippen LogP contribution in [0.1, 0.15) is 16.7 Å². The predicted octanol–water partition coefficient (Wildman–Crippen LogP) is 6.30. The van der Waals surface area contributed by atoms with Crippen LogP contribution in [0.25, 0.3) is 0 Å². The Kier molecular flexibility index (Phi) is 5.62. The van der Waals surface area contributed by atoms with Crippen LogP contribution in [0.5, 0.6) is 0 Å². The molecule has 0 fully saturated rings. The molecule has 4 nitrogen and oxygen atoms in total. The van der Waals surface area contributed by atoms with Gasteiger partial charge in [0, 0.05) is 23.5 Å². The molecule has 0 spiro atoms. The Morgan fingerprint density at radius 1 is 1.03 bits per heavy atom. The average Bonchev–Trinajstić information content (AvgIpc) is 3.09. The lowest BCUT2D eigenvalue weighted by Gasteiger charge is -2.08. The number of nitrogens with one attached hydrogen (secondary N) is 2. The Balaban J connectivity index is 1.37. The summed E-state index contributed by atoms with van der Waals surface area (Å²) < 4.78 is 13.2. The monoisotopic (exact) mass is 405 g/mol. The second kappa shape index (κ2) is 8.49. The second-order valence-electron chi connectivity index (χ2n) is 6.89. The first kappa shape index (κ1) is 19.2. The minimum atomic E-state index is -0.425. The Morgan fingerprint density at radius 3 is 2.55 bits per heavy atom. The van der Waals surface area contributed by atoms with Crippen molar-refractivity contribution in [2.45, 2.75) is 19.1 Å². The molecular formula is C23H20FN3OS. The van der Waals surface area contributed by atoms with Crippen LogP contribution in [0, 0.1) is 12.7 Å². The van der Waals surface area contributed by atoms with Crippen LogP contribution >= 0.6 is 11.8 Å². The van der Waals surface area contributed by atoms with Crippen LogP contribution in [-0.4, -0.2) is 11.1 Å². The summed E-state index contributed by atoms with van der Waals surface area (Å²) in [6, 6.07) is 19.6. The molecule has 1 heterocycles. The van der Waals surface area contributed by atoms with Gasteiger partial charge in [0.1, 0.15) is 5.82 Å². The molecule has 6 heteroatoms. The van der Waals surface area contributed by atoms with Gasteiger partial charge >= 0.3 is 6.03 Å². The lowest BCUT2D eigenvalue weighted by atomic mass is 10.1.